The lowest BCUT2D eigenvalue weighted by atomic mass is 10.2. The van der Waals surface area contributed by atoms with E-state index in [4.69, 9.17) is 4.42 Å². The zero-order chi connectivity index (χ0) is 20.1. The van der Waals surface area contributed by atoms with Crippen molar-refractivity contribution in [2.75, 3.05) is 63.8 Å². The number of aromatic nitrogens is 1. The Hall–Kier alpha value is -2.87. The van der Waals surface area contributed by atoms with E-state index in [0.29, 0.717) is 25.1 Å². The molecule has 0 aliphatic carbocycles. The maximum Gasteiger partial charge on any atom is 0.257 e. The van der Waals surface area contributed by atoms with Crippen molar-refractivity contribution in [3.8, 4) is 0 Å². The first-order valence-electron chi connectivity index (χ1n) is 10.2. The molecule has 0 bridgehead atoms. The minimum absolute atomic E-state index is 0.0141. The summed E-state index contributed by atoms with van der Waals surface area (Å²) in [6, 6.07) is 7.61. The number of furan rings is 1. The predicted molar refractivity (Wildman–Crippen MR) is 109 cm³/mol. The monoisotopic (exact) mass is 397 g/mol. The molecule has 2 aromatic heterocycles. The fourth-order valence-corrected chi connectivity index (χ4v) is 3.88. The van der Waals surface area contributed by atoms with Gasteiger partial charge in [0.1, 0.15) is 12.1 Å². The Kier molecular flexibility index (Phi) is 6.09. The van der Waals surface area contributed by atoms with E-state index in [0.717, 1.165) is 51.6 Å². The summed E-state index contributed by atoms with van der Waals surface area (Å²) in [4.78, 5) is 37.6. The van der Waals surface area contributed by atoms with Crippen LogP contribution in [0.3, 0.4) is 0 Å². The van der Waals surface area contributed by atoms with Crippen molar-refractivity contribution in [1.29, 1.82) is 0 Å². The second-order valence-electron chi connectivity index (χ2n) is 7.45. The van der Waals surface area contributed by atoms with Crippen molar-refractivity contribution in [2.45, 2.75) is 6.42 Å². The highest BCUT2D eigenvalue weighted by atomic mass is 16.3. The van der Waals surface area contributed by atoms with Gasteiger partial charge in [0.2, 0.25) is 5.91 Å². The lowest BCUT2D eigenvalue weighted by molar-refractivity contribution is -0.131. The second kappa shape index (κ2) is 9.09. The quantitative estimate of drug-likeness (QED) is 0.754. The van der Waals surface area contributed by atoms with Crippen LogP contribution in [0.25, 0.3) is 0 Å². The van der Waals surface area contributed by atoms with Crippen LogP contribution in [0.1, 0.15) is 16.8 Å². The van der Waals surface area contributed by atoms with Crippen LogP contribution in [0.15, 0.2) is 47.4 Å². The van der Waals surface area contributed by atoms with Crippen LogP contribution >= 0.6 is 0 Å². The molecule has 154 valence electrons. The molecule has 0 N–H and O–H groups in total. The summed E-state index contributed by atoms with van der Waals surface area (Å²) in [6.07, 6.45) is 5.33. The molecule has 29 heavy (non-hydrogen) atoms. The van der Waals surface area contributed by atoms with Crippen molar-refractivity contribution < 1.29 is 14.0 Å². The number of hydrogen-bond acceptors (Lipinski definition) is 6. The van der Waals surface area contributed by atoms with Crippen molar-refractivity contribution in [3.05, 3.63) is 48.6 Å². The van der Waals surface area contributed by atoms with Gasteiger partial charge in [-0.3, -0.25) is 14.5 Å². The topological polar surface area (TPSA) is 73.1 Å². The second-order valence-corrected chi connectivity index (χ2v) is 7.45. The summed E-state index contributed by atoms with van der Waals surface area (Å²) >= 11 is 0. The molecule has 2 aromatic rings. The number of hydrogen-bond donors (Lipinski definition) is 0. The smallest absolute Gasteiger partial charge is 0.257 e. The van der Waals surface area contributed by atoms with Gasteiger partial charge in [-0.2, -0.15) is 0 Å². The van der Waals surface area contributed by atoms with E-state index in [1.165, 1.54) is 12.5 Å². The Labute approximate surface area is 170 Å². The Balaban J connectivity index is 1.17. The third kappa shape index (κ3) is 4.76. The molecule has 2 aliphatic rings. The number of rotatable bonds is 5. The van der Waals surface area contributed by atoms with Crippen molar-refractivity contribution in [3.63, 3.8) is 0 Å². The number of anilines is 1. The van der Waals surface area contributed by atoms with E-state index in [-0.39, 0.29) is 11.8 Å². The van der Waals surface area contributed by atoms with E-state index in [1.54, 1.807) is 12.3 Å². The van der Waals surface area contributed by atoms with Gasteiger partial charge in [-0.05, 0) is 18.2 Å². The maximum absolute atomic E-state index is 12.6. The van der Waals surface area contributed by atoms with E-state index >= 15 is 0 Å². The van der Waals surface area contributed by atoms with E-state index in [9.17, 15) is 9.59 Å². The number of carbonyl (C=O) groups excluding carboxylic acids is 2. The van der Waals surface area contributed by atoms with Crippen molar-refractivity contribution in [2.24, 2.45) is 0 Å². The summed E-state index contributed by atoms with van der Waals surface area (Å²) in [5.41, 5.74) is 0.596. The van der Waals surface area contributed by atoms with Gasteiger partial charge in [0, 0.05) is 71.5 Å². The van der Waals surface area contributed by atoms with Gasteiger partial charge in [0.05, 0.1) is 11.8 Å². The fraction of sp³-hybridized carbons (Fsp3) is 0.476. The Bertz CT molecular complexity index is 795. The molecular weight excluding hydrogens is 370 g/mol. The summed E-state index contributed by atoms with van der Waals surface area (Å²) in [5, 5.41) is 0. The summed E-state index contributed by atoms with van der Waals surface area (Å²) < 4.78 is 5.00. The SMILES string of the molecule is O=C(CCN1CCN(C(=O)c2ccoc2)CC1)N1CCN(c2ccccn2)CC1. The Morgan fingerprint density at radius 1 is 0.931 bits per heavy atom. The molecular formula is C21H27N5O3. The van der Waals surface area contributed by atoms with E-state index in [1.807, 2.05) is 28.0 Å². The standard InChI is InChI=1S/C21H27N5O3/c27-20(25-14-12-24(13-15-25)19-3-1-2-6-22-19)4-7-23-8-10-26(11-9-23)21(28)18-5-16-29-17-18/h1-3,5-6,16-17H,4,7-15H2. The first-order chi connectivity index (χ1) is 14.2. The Morgan fingerprint density at radius 2 is 1.69 bits per heavy atom. The van der Waals surface area contributed by atoms with Crippen LogP contribution < -0.4 is 4.90 Å². The normalized spacial score (nSPS) is 18.1. The van der Waals surface area contributed by atoms with Crippen LogP contribution in [0.4, 0.5) is 5.82 Å². The van der Waals surface area contributed by atoms with E-state index in [2.05, 4.69) is 14.8 Å². The fourth-order valence-electron chi connectivity index (χ4n) is 3.88. The van der Waals surface area contributed by atoms with Gasteiger partial charge in [-0.15, -0.1) is 0 Å². The number of amides is 2. The zero-order valence-corrected chi connectivity index (χ0v) is 16.6. The first-order valence-corrected chi connectivity index (χ1v) is 10.2. The van der Waals surface area contributed by atoms with Gasteiger partial charge in [-0.25, -0.2) is 4.98 Å². The molecule has 2 fully saturated rings. The lowest BCUT2D eigenvalue weighted by Crippen LogP contribution is -2.51. The molecule has 0 atom stereocenters. The molecule has 0 aromatic carbocycles. The molecule has 4 heterocycles. The molecule has 8 heteroatoms. The average molecular weight is 397 g/mol. The average Bonchev–Trinajstić information content (AvgIpc) is 3.33. The third-order valence-corrected chi connectivity index (χ3v) is 5.68. The van der Waals surface area contributed by atoms with Crippen LogP contribution in [0.5, 0.6) is 0 Å². The van der Waals surface area contributed by atoms with E-state index < -0.39 is 0 Å². The van der Waals surface area contributed by atoms with Gasteiger partial charge < -0.3 is 19.1 Å². The summed E-state index contributed by atoms with van der Waals surface area (Å²) in [5.74, 6) is 1.20. The molecule has 0 unspecified atom stereocenters. The van der Waals surface area contributed by atoms with Crippen molar-refractivity contribution in [1.82, 2.24) is 19.7 Å². The maximum atomic E-state index is 12.6. The molecule has 2 amide bonds. The molecule has 0 saturated carbocycles. The molecule has 2 saturated heterocycles. The molecule has 4 rings (SSSR count). The first kappa shape index (κ1) is 19.4. The van der Waals surface area contributed by atoms with Gasteiger partial charge in [-0.1, -0.05) is 6.07 Å². The molecule has 0 spiro atoms. The number of pyridine rings is 1. The number of nitrogens with zero attached hydrogens (tertiary/aromatic N) is 5. The van der Waals surface area contributed by atoms with Crippen LogP contribution in [0, 0.1) is 0 Å². The van der Waals surface area contributed by atoms with Gasteiger partial charge in [0.15, 0.2) is 0 Å². The number of carbonyl (C=O) groups is 2. The highest BCUT2D eigenvalue weighted by Crippen LogP contribution is 2.14. The van der Waals surface area contributed by atoms with Crippen LogP contribution in [-0.2, 0) is 4.79 Å². The minimum Gasteiger partial charge on any atom is -0.472 e. The molecule has 0 radical (unpaired) electrons. The lowest BCUT2D eigenvalue weighted by Gasteiger charge is -2.37. The third-order valence-electron chi connectivity index (χ3n) is 5.68. The predicted octanol–water partition coefficient (Wildman–Crippen LogP) is 1.17. The minimum atomic E-state index is 0.0141. The van der Waals surface area contributed by atoms with Crippen LogP contribution in [0.2, 0.25) is 0 Å². The summed E-state index contributed by atoms with van der Waals surface area (Å²) in [6.45, 7) is 6.81. The largest absolute Gasteiger partial charge is 0.472 e. The number of piperazine rings is 2. The molecule has 2 aliphatic heterocycles. The Morgan fingerprint density at radius 3 is 2.34 bits per heavy atom. The van der Waals surface area contributed by atoms with Crippen LogP contribution in [-0.4, -0.2) is 90.4 Å². The summed E-state index contributed by atoms with van der Waals surface area (Å²) in [7, 11) is 0. The van der Waals surface area contributed by atoms with Gasteiger partial charge >= 0.3 is 0 Å². The highest BCUT2D eigenvalue weighted by molar-refractivity contribution is 5.93. The highest BCUT2D eigenvalue weighted by Gasteiger charge is 2.25. The van der Waals surface area contributed by atoms with Gasteiger partial charge in [0.25, 0.3) is 5.91 Å². The van der Waals surface area contributed by atoms with Crippen molar-refractivity contribution >= 4 is 17.6 Å². The zero-order valence-electron chi connectivity index (χ0n) is 16.6. The molecule has 8 nitrogen and oxygen atoms in total.